The predicted molar refractivity (Wildman–Crippen MR) is 46.9 cm³/mol. The first-order valence-electron chi connectivity index (χ1n) is 4.23. The van der Waals surface area contributed by atoms with E-state index in [1.807, 2.05) is 0 Å². The van der Waals surface area contributed by atoms with Crippen LogP contribution >= 0.6 is 0 Å². The van der Waals surface area contributed by atoms with Gasteiger partial charge in [0.25, 0.3) is 0 Å². The van der Waals surface area contributed by atoms with E-state index >= 15 is 0 Å². The highest BCUT2D eigenvalue weighted by atomic mass is 16.3. The summed E-state index contributed by atoms with van der Waals surface area (Å²) in [4.78, 5) is 11.1. The van der Waals surface area contributed by atoms with Crippen LogP contribution in [0.3, 0.4) is 0 Å². The maximum atomic E-state index is 11.1. The SMILES string of the molecule is CC(C)C(O)C(=O)NC[C@@H](O)CO. The first kappa shape index (κ1) is 12.3. The number of aliphatic hydroxyl groups excluding tert-OH is 3. The van der Waals surface area contributed by atoms with Gasteiger partial charge >= 0.3 is 0 Å². The molecule has 2 atom stereocenters. The van der Waals surface area contributed by atoms with Crippen LogP contribution in [0.4, 0.5) is 0 Å². The van der Waals surface area contributed by atoms with E-state index in [-0.39, 0.29) is 12.5 Å². The van der Waals surface area contributed by atoms with Gasteiger partial charge in [0.15, 0.2) is 0 Å². The number of carbonyl (C=O) groups is 1. The molecule has 4 N–H and O–H groups in total. The summed E-state index contributed by atoms with van der Waals surface area (Å²) in [5.41, 5.74) is 0. The van der Waals surface area contributed by atoms with Crippen molar-refractivity contribution in [3.05, 3.63) is 0 Å². The second kappa shape index (κ2) is 5.90. The van der Waals surface area contributed by atoms with Gasteiger partial charge < -0.3 is 20.6 Å². The largest absolute Gasteiger partial charge is 0.394 e. The third kappa shape index (κ3) is 4.82. The number of aliphatic hydroxyl groups is 3. The summed E-state index contributed by atoms with van der Waals surface area (Å²) in [5.74, 6) is -0.686. The minimum atomic E-state index is -1.06. The molecule has 0 radical (unpaired) electrons. The van der Waals surface area contributed by atoms with Gasteiger partial charge in [0.1, 0.15) is 6.10 Å². The third-order valence-corrected chi connectivity index (χ3v) is 1.62. The van der Waals surface area contributed by atoms with Crippen LogP contribution in [0.15, 0.2) is 0 Å². The Kier molecular flexibility index (Phi) is 5.61. The first-order valence-corrected chi connectivity index (χ1v) is 4.23. The van der Waals surface area contributed by atoms with Crippen molar-refractivity contribution in [1.82, 2.24) is 5.32 Å². The number of rotatable bonds is 5. The lowest BCUT2D eigenvalue weighted by molar-refractivity contribution is -0.131. The third-order valence-electron chi connectivity index (χ3n) is 1.62. The predicted octanol–water partition coefficient (Wildman–Crippen LogP) is -1.53. The number of amides is 1. The Labute approximate surface area is 77.4 Å². The van der Waals surface area contributed by atoms with Gasteiger partial charge in [-0.2, -0.15) is 0 Å². The number of hydrogen-bond acceptors (Lipinski definition) is 4. The molecule has 0 aliphatic rings. The van der Waals surface area contributed by atoms with Gasteiger partial charge in [-0.05, 0) is 5.92 Å². The minimum Gasteiger partial charge on any atom is -0.394 e. The summed E-state index contributed by atoms with van der Waals surface area (Å²) in [6.45, 7) is 2.98. The van der Waals surface area contributed by atoms with Gasteiger partial charge in [0.05, 0.1) is 12.7 Å². The molecule has 0 rings (SSSR count). The smallest absolute Gasteiger partial charge is 0.249 e. The highest BCUT2D eigenvalue weighted by Crippen LogP contribution is 2.00. The van der Waals surface area contributed by atoms with Crippen molar-refractivity contribution in [3.8, 4) is 0 Å². The number of carbonyl (C=O) groups excluding carboxylic acids is 1. The Bertz CT molecular complexity index is 160. The van der Waals surface area contributed by atoms with Crippen LogP contribution in [0.5, 0.6) is 0 Å². The zero-order valence-electron chi connectivity index (χ0n) is 7.90. The summed E-state index contributed by atoms with van der Waals surface area (Å²) in [6.07, 6.45) is -2.03. The molecule has 78 valence electrons. The van der Waals surface area contributed by atoms with Crippen molar-refractivity contribution in [1.29, 1.82) is 0 Å². The van der Waals surface area contributed by atoms with Gasteiger partial charge in [-0.15, -0.1) is 0 Å². The van der Waals surface area contributed by atoms with Crippen LogP contribution in [0.1, 0.15) is 13.8 Å². The summed E-state index contributed by atoms with van der Waals surface area (Å²) < 4.78 is 0. The Balaban J connectivity index is 3.74. The van der Waals surface area contributed by atoms with Crippen molar-refractivity contribution >= 4 is 5.91 Å². The highest BCUT2D eigenvalue weighted by molar-refractivity contribution is 5.80. The van der Waals surface area contributed by atoms with Gasteiger partial charge in [-0.3, -0.25) is 4.79 Å². The minimum absolute atomic E-state index is 0.0425. The monoisotopic (exact) mass is 191 g/mol. The average molecular weight is 191 g/mol. The van der Waals surface area contributed by atoms with Crippen LogP contribution in [-0.4, -0.2) is 46.6 Å². The van der Waals surface area contributed by atoms with Crippen molar-refractivity contribution in [3.63, 3.8) is 0 Å². The molecule has 1 unspecified atom stereocenters. The quantitative estimate of drug-likeness (QED) is 0.424. The van der Waals surface area contributed by atoms with E-state index < -0.39 is 24.7 Å². The Morgan fingerprint density at radius 2 is 1.92 bits per heavy atom. The van der Waals surface area contributed by atoms with Gasteiger partial charge in [-0.25, -0.2) is 0 Å². The molecular weight excluding hydrogens is 174 g/mol. The summed E-state index contributed by atoms with van der Waals surface area (Å²) >= 11 is 0. The average Bonchev–Trinajstić information content (AvgIpc) is 2.11. The lowest BCUT2D eigenvalue weighted by Crippen LogP contribution is -2.42. The molecule has 5 heteroatoms. The fourth-order valence-electron chi connectivity index (χ4n) is 0.690. The summed E-state index contributed by atoms with van der Waals surface area (Å²) in [6, 6.07) is 0. The van der Waals surface area contributed by atoms with E-state index in [4.69, 9.17) is 10.2 Å². The maximum Gasteiger partial charge on any atom is 0.249 e. The van der Waals surface area contributed by atoms with Crippen LogP contribution in [0, 0.1) is 5.92 Å². The Hall–Kier alpha value is -0.650. The topological polar surface area (TPSA) is 89.8 Å². The first-order chi connectivity index (χ1) is 5.99. The zero-order valence-corrected chi connectivity index (χ0v) is 7.90. The molecule has 0 aromatic carbocycles. The zero-order chi connectivity index (χ0) is 10.4. The normalized spacial score (nSPS) is 15.5. The van der Waals surface area contributed by atoms with E-state index in [1.54, 1.807) is 13.8 Å². The van der Waals surface area contributed by atoms with E-state index in [0.29, 0.717) is 0 Å². The Morgan fingerprint density at radius 3 is 2.31 bits per heavy atom. The molecule has 1 amide bonds. The lowest BCUT2D eigenvalue weighted by Gasteiger charge is -2.15. The molecule has 0 bridgehead atoms. The maximum absolute atomic E-state index is 11.1. The molecule has 0 aromatic rings. The van der Waals surface area contributed by atoms with E-state index in [1.165, 1.54) is 0 Å². The van der Waals surface area contributed by atoms with Crippen LogP contribution in [-0.2, 0) is 4.79 Å². The molecule has 0 spiro atoms. The van der Waals surface area contributed by atoms with Gasteiger partial charge in [0.2, 0.25) is 5.91 Å². The fourth-order valence-corrected chi connectivity index (χ4v) is 0.690. The van der Waals surface area contributed by atoms with Crippen molar-refractivity contribution in [2.45, 2.75) is 26.1 Å². The molecule has 0 aliphatic carbocycles. The molecule has 0 aromatic heterocycles. The van der Waals surface area contributed by atoms with E-state index in [0.717, 1.165) is 0 Å². The molecule has 13 heavy (non-hydrogen) atoms. The second-order valence-electron chi connectivity index (χ2n) is 3.27. The molecule has 0 saturated heterocycles. The molecule has 0 aliphatic heterocycles. The number of hydrogen-bond donors (Lipinski definition) is 4. The highest BCUT2D eigenvalue weighted by Gasteiger charge is 2.18. The van der Waals surface area contributed by atoms with Crippen molar-refractivity contribution in [2.24, 2.45) is 5.92 Å². The molecule has 0 fully saturated rings. The summed E-state index contributed by atoms with van der Waals surface area (Å²) in [7, 11) is 0. The van der Waals surface area contributed by atoms with Gasteiger partial charge in [0, 0.05) is 6.54 Å². The van der Waals surface area contributed by atoms with E-state index in [9.17, 15) is 9.90 Å². The van der Waals surface area contributed by atoms with Crippen molar-refractivity contribution < 1.29 is 20.1 Å². The van der Waals surface area contributed by atoms with E-state index in [2.05, 4.69) is 5.32 Å². The van der Waals surface area contributed by atoms with Crippen LogP contribution < -0.4 is 5.32 Å². The Morgan fingerprint density at radius 1 is 1.38 bits per heavy atom. The summed E-state index contributed by atoms with van der Waals surface area (Å²) in [5, 5.41) is 28.9. The second-order valence-corrected chi connectivity index (χ2v) is 3.27. The standard InChI is InChI=1S/C8H17NO4/c1-5(2)7(12)8(13)9-3-6(11)4-10/h5-7,10-12H,3-4H2,1-2H3,(H,9,13)/t6-,7?/m1/s1. The fraction of sp³-hybridized carbons (Fsp3) is 0.875. The molecule has 0 heterocycles. The van der Waals surface area contributed by atoms with Crippen LogP contribution in [0.25, 0.3) is 0 Å². The van der Waals surface area contributed by atoms with Crippen LogP contribution in [0.2, 0.25) is 0 Å². The number of nitrogens with one attached hydrogen (secondary N) is 1. The molecule has 5 nitrogen and oxygen atoms in total. The van der Waals surface area contributed by atoms with Crippen molar-refractivity contribution in [2.75, 3.05) is 13.2 Å². The lowest BCUT2D eigenvalue weighted by atomic mass is 10.1. The van der Waals surface area contributed by atoms with Gasteiger partial charge in [-0.1, -0.05) is 13.8 Å². The molecular formula is C8H17NO4. The molecule has 0 saturated carbocycles.